The Morgan fingerprint density at radius 3 is 2.84 bits per heavy atom. The first-order valence-corrected chi connectivity index (χ1v) is 8.35. The topological polar surface area (TPSA) is 74.7 Å². The molecule has 1 aliphatic rings. The van der Waals surface area contributed by atoms with Crippen molar-refractivity contribution in [1.29, 1.82) is 0 Å². The lowest BCUT2D eigenvalue weighted by molar-refractivity contribution is 0.0857. The van der Waals surface area contributed by atoms with Gasteiger partial charge in [0.15, 0.2) is 0 Å². The number of benzene rings is 1. The molecule has 25 heavy (non-hydrogen) atoms. The Hall–Kier alpha value is -2.44. The average molecular weight is 341 g/mol. The number of likely N-dealkylation sites (N-methyl/N-ethyl adjacent to an activating group) is 1. The molecule has 1 heterocycles. The van der Waals surface area contributed by atoms with Crippen LogP contribution in [0.4, 0.5) is 0 Å². The molecule has 1 aliphatic carbocycles. The quantitative estimate of drug-likeness (QED) is 0.831. The second kappa shape index (κ2) is 7.63. The average Bonchev–Trinajstić information content (AvgIpc) is 2.91. The molecular weight excluding hydrogens is 318 g/mol. The van der Waals surface area contributed by atoms with E-state index in [1.807, 2.05) is 43.3 Å². The molecule has 1 amide bonds. The molecule has 1 aromatic carbocycles. The number of aliphatic hydroxyl groups is 1. The molecule has 132 valence electrons. The Bertz CT molecular complexity index is 731. The minimum atomic E-state index is -0.608. The molecule has 0 saturated carbocycles. The van der Waals surface area contributed by atoms with Gasteiger partial charge in [0, 0.05) is 25.2 Å². The van der Waals surface area contributed by atoms with Crippen molar-refractivity contribution in [2.45, 2.75) is 18.6 Å². The summed E-state index contributed by atoms with van der Waals surface area (Å²) in [5, 5.41) is 13.1. The normalized spacial score (nSPS) is 18.9. The van der Waals surface area contributed by atoms with Gasteiger partial charge in [-0.05, 0) is 31.3 Å². The van der Waals surface area contributed by atoms with Gasteiger partial charge < -0.3 is 20.1 Å². The predicted molar refractivity (Wildman–Crippen MR) is 94.6 cm³/mol. The van der Waals surface area contributed by atoms with Crippen LogP contribution in [0.2, 0.25) is 0 Å². The third kappa shape index (κ3) is 4.15. The molecular formula is C19H23N3O3. The molecule has 0 spiro atoms. The summed E-state index contributed by atoms with van der Waals surface area (Å²) >= 11 is 0. The number of hydrogen-bond donors (Lipinski definition) is 2. The van der Waals surface area contributed by atoms with Crippen LogP contribution in [0.3, 0.4) is 0 Å². The van der Waals surface area contributed by atoms with E-state index in [0.29, 0.717) is 24.5 Å². The highest BCUT2D eigenvalue weighted by Crippen LogP contribution is 2.31. The van der Waals surface area contributed by atoms with Gasteiger partial charge in [0.25, 0.3) is 5.91 Å². The number of nitrogens with one attached hydrogen (secondary N) is 1. The predicted octanol–water partition coefficient (Wildman–Crippen LogP) is 1.41. The summed E-state index contributed by atoms with van der Waals surface area (Å²) in [6.07, 6.45) is 1.44. The van der Waals surface area contributed by atoms with Crippen molar-refractivity contribution in [1.82, 2.24) is 15.2 Å². The van der Waals surface area contributed by atoms with Gasteiger partial charge in [-0.25, -0.2) is 4.98 Å². The van der Waals surface area contributed by atoms with E-state index in [-0.39, 0.29) is 11.9 Å². The van der Waals surface area contributed by atoms with Gasteiger partial charge in [0.2, 0.25) is 5.88 Å². The fourth-order valence-corrected chi connectivity index (χ4v) is 2.91. The third-order valence-corrected chi connectivity index (χ3v) is 4.28. The van der Waals surface area contributed by atoms with E-state index in [0.717, 1.165) is 17.7 Å². The SMILES string of the molecule is CN(C)CCOc1ccc(C(=O)N[C@@H]2c3ccccc3C[C@@H]2O)cn1. The van der Waals surface area contributed by atoms with Crippen molar-refractivity contribution in [3.05, 3.63) is 59.3 Å². The zero-order chi connectivity index (χ0) is 17.8. The molecule has 0 aliphatic heterocycles. The largest absolute Gasteiger partial charge is 0.476 e. The van der Waals surface area contributed by atoms with Gasteiger partial charge >= 0.3 is 0 Å². The number of nitrogens with zero attached hydrogens (tertiary/aromatic N) is 2. The van der Waals surface area contributed by atoms with Gasteiger partial charge in [0.05, 0.1) is 17.7 Å². The van der Waals surface area contributed by atoms with Crippen molar-refractivity contribution in [3.8, 4) is 5.88 Å². The molecule has 6 nitrogen and oxygen atoms in total. The van der Waals surface area contributed by atoms with E-state index in [9.17, 15) is 9.90 Å². The standard InChI is InChI=1S/C19H23N3O3/c1-22(2)9-10-25-17-8-7-14(12-20-17)19(24)21-18-15-6-4-3-5-13(15)11-16(18)23/h3-8,12,16,18,23H,9-11H2,1-2H3,(H,21,24)/t16-,18+/m0/s1. The summed E-state index contributed by atoms with van der Waals surface area (Å²) in [7, 11) is 3.94. The molecule has 2 aromatic rings. The Morgan fingerprint density at radius 2 is 2.12 bits per heavy atom. The molecule has 2 atom stereocenters. The Morgan fingerprint density at radius 1 is 1.32 bits per heavy atom. The molecule has 2 N–H and O–H groups in total. The number of fused-ring (bicyclic) bond motifs is 1. The van der Waals surface area contributed by atoms with Gasteiger partial charge in [-0.2, -0.15) is 0 Å². The van der Waals surface area contributed by atoms with Crippen molar-refractivity contribution >= 4 is 5.91 Å². The maximum absolute atomic E-state index is 12.5. The van der Waals surface area contributed by atoms with E-state index in [2.05, 4.69) is 10.3 Å². The number of hydrogen-bond acceptors (Lipinski definition) is 5. The van der Waals surface area contributed by atoms with Gasteiger partial charge in [-0.1, -0.05) is 24.3 Å². The smallest absolute Gasteiger partial charge is 0.253 e. The molecule has 0 saturated heterocycles. The highest BCUT2D eigenvalue weighted by atomic mass is 16.5. The van der Waals surface area contributed by atoms with Gasteiger partial charge in [-0.15, -0.1) is 0 Å². The summed E-state index contributed by atoms with van der Waals surface area (Å²) in [5.74, 6) is 0.234. The second-order valence-electron chi connectivity index (χ2n) is 6.46. The van der Waals surface area contributed by atoms with Crippen LogP contribution in [0.5, 0.6) is 5.88 Å². The Balaban J connectivity index is 1.62. The molecule has 0 fully saturated rings. The summed E-state index contributed by atoms with van der Waals surface area (Å²) in [6.45, 7) is 1.33. The number of carbonyl (C=O) groups is 1. The monoisotopic (exact) mass is 341 g/mol. The molecule has 0 bridgehead atoms. The fourth-order valence-electron chi connectivity index (χ4n) is 2.91. The van der Waals surface area contributed by atoms with Crippen LogP contribution in [0.15, 0.2) is 42.6 Å². The number of carbonyl (C=O) groups excluding carboxylic acids is 1. The fraction of sp³-hybridized carbons (Fsp3) is 0.368. The lowest BCUT2D eigenvalue weighted by Gasteiger charge is -2.18. The molecule has 0 unspecified atom stereocenters. The maximum atomic E-state index is 12.5. The number of aliphatic hydroxyl groups excluding tert-OH is 1. The highest BCUT2D eigenvalue weighted by molar-refractivity contribution is 5.94. The first-order valence-electron chi connectivity index (χ1n) is 8.35. The number of pyridine rings is 1. The Kier molecular flexibility index (Phi) is 5.31. The summed E-state index contributed by atoms with van der Waals surface area (Å²) < 4.78 is 5.52. The van der Waals surface area contributed by atoms with E-state index >= 15 is 0 Å². The minimum Gasteiger partial charge on any atom is -0.476 e. The zero-order valence-electron chi connectivity index (χ0n) is 14.5. The van der Waals surface area contributed by atoms with E-state index in [1.54, 1.807) is 12.1 Å². The van der Waals surface area contributed by atoms with Crippen LogP contribution in [-0.4, -0.2) is 54.2 Å². The first kappa shape index (κ1) is 17.4. The second-order valence-corrected chi connectivity index (χ2v) is 6.46. The molecule has 1 aromatic heterocycles. The van der Waals surface area contributed by atoms with Crippen LogP contribution in [0.1, 0.15) is 27.5 Å². The van der Waals surface area contributed by atoms with Gasteiger partial charge in [0.1, 0.15) is 6.61 Å². The van der Waals surface area contributed by atoms with Crippen molar-refractivity contribution in [2.75, 3.05) is 27.2 Å². The van der Waals surface area contributed by atoms with Crippen LogP contribution in [-0.2, 0) is 6.42 Å². The van der Waals surface area contributed by atoms with Crippen molar-refractivity contribution in [3.63, 3.8) is 0 Å². The molecule has 3 rings (SSSR count). The zero-order valence-corrected chi connectivity index (χ0v) is 14.5. The number of ether oxygens (including phenoxy) is 1. The van der Waals surface area contributed by atoms with Crippen molar-refractivity contribution < 1.29 is 14.6 Å². The molecule has 0 radical (unpaired) electrons. The number of amides is 1. The van der Waals surface area contributed by atoms with E-state index < -0.39 is 6.10 Å². The van der Waals surface area contributed by atoms with E-state index in [1.165, 1.54) is 6.20 Å². The highest BCUT2D eigenvalue weighted by Gasteiger charge is 2.32. The van der Waals surface area contributed by atoms with E-state index in [4.69, 9.17) is 4.74 Å². The van der Waals surface area contributed by atoms with Gasteiger partial charge in [-0.3, -0.25) is 4.79 Å². The van der Waals surface area contributed by atoms with Crippen LogP contribution >= 0.6 is 0 Å². The lowest BCUT2D eigenvalue weighted by atomic mass is 10.1. The number of aromatic nitrogens is 1. The van der Waals surface area contributed by atoms with Crippen molar-refractivity contribution in [2.24, 2.45) is 0 Å². The maximum Gasteiger partial charge on any atom is 0.253 e. The third-order valence-electron chi connectivity index (χ3n) is 4.28. The first-order chi connectivity index (χ1) is 12.0. The minimum absolute atomic E-state index is 0.256. The lowest BCUT2D eigenvalue weighted by Crippen LogP contribution is -2.33. The summed E-state index contributed by atoms with van der Waals surface area (Å²) in [5.41, 5.74) is 2.49. The number of rotatable bonds is 6. The molecule has 6 heteroatoms. The van der Waals surface area contributed by atoms with Crippen LogP contribution in [0.25, 0.3) is 0 Å². The summed E-state index contributed by atoms with van der Waals surface area (Å²) in [4.78, 5) is 18.7. The Labute approximate surface area is 147 Å². The van der Waals surface area contributed by atoms with Crippen LogP contribution < -0.4 is 10.1 Å². The summed E-state index contributed by atoms with van der Waals surface area (Å²) in [6, 6.07) is 10.7. The van der Waals surface area contributed by atoms with Crippen LogP contribution in [0, 0.1) is 0 Å².